The molecule has 0 aliphatic carbocycles. The quantitative estimate of drug-likeness (QED) is 0.600. The van der Waals surface area contributed by atoms with E-state index in [2.05, 4.69) is 20.2 Å². The minimum absolute atomic E-state index is 0.267. The van der Waals surface area contributed by atoms with Gasteiger partial charge in [-0.3, -0.25) is 0 Å². The number of carbonyl (C=O) groups excluding carboxylic acids is 1. The second kappa shape index (κ2) is 10.3. The molecule has 10 heteroatoms. The zero-order valence-corrected chi connectivity index (χ0v) is 20.2. The standard InChI is InChI=1S/C24H33N5O5/c1-24(2,3)33-23(30)34-29-9-7-17(8-10-29)14-28(4)22-12-21(26-15-27-22)25-13-18-5-6-19-20(11-18)32-16-31-19/h5-6,11-12,15,17H,7-10,13-14,16H2,1-4H3,(H,25,26,27). The fraction of sp³-hybridized carbons (Fsp3) is 0.542. The lowest BCUT2D eigenvalue weighted by Crippen LogP contribution is -2.40. The van der Waals surface area contributed by atoms with Crippen molar-refractivity contribution in [2.24, 2.45) is 5.92 Å². The molecule has 2 aliphatic heterocycles. The number of hydrogen-bond acceptors (Lipinski definition) is 10. The van der Waals surface area contributed by atoms with Crippen LogP contribution < -0.4 is 19.7 Å². The van der Waals surface area contributed by atoms with Crippen molar-refractivity contribution in [1.82, 2.24) is 15.0 Å². The van der Waals surface area contributed by atoms with Gasteiger partial charge in [-0.15, -0.1) is 5.06 Å². The molecule has 1 aromatic heterocycles. The first-order valence-corrected chi connectivity index (χ1v) is 11.6. The Balaban J connectivity index is 1.23. The molecule has 1 saturated heterocycles. The van der Waals surface area contributed by atoms with E-state index < -0.39 is 11.8 Å². The maximum absolute atomic E-state index is 11.9. The van der Waals surface area contributed by atoms with Crippen LogP contribution in [0.4, 0.5) is 16.4 Å². The fourth-order valence-corrected chi connectivity index (χ4v) is 3.93. The van der Waals surface area contributed by atoms with Gasteiger partial charge in [-0.25, -0.2) is 14.8 Å². The highest BCUT2D eigenvalue weighted by Crippen LogP contribution is 2.32. The summed E-state index contributed by atoms with van der Waals surface area (Å²) in [6.45, 7) is 8.58. The van der Waals surface area contributed by atoms with Crippen molar-refractivity contribution in [3.8, 4) is 11.5 Å². The lowest BCUT2D eigenvalue weighted by Gasteiger charge is -2.33. The Hall–Kier alpha value is -3.27. The summed E-state index contributed by atoms with van der Waals surface area (Å²) in [6.07, 6.45) is 2.77. The van der Waals surface area contributed by atoms with E-state index in [9.17, 15) is 4.79 Å². The second-order valence-electron chi connectivity index (χ2n) is 9.61. The Morgan fingerprint density at radius 2 is 1.94 bits per heavy atom. The largest absolute Gasteiger partial charge is 0.528 e. The molecule has 2 aromatic rings. The van der Waals surface area contributed by atoms with E-state index >= 15 is 0 Å². The van der Waals surface area contributed by atoms with Crippen molar-refractivity contribution in [3.63, 3.8) is 0 Å². The predicted octanol–water partition coefficient (Wildman–Crippen LogP) is 3.83. The molecule has 0 unspecified atom stereocenters. The number of benzene rings is 1. The summed E-state index contributed by atoms with van der Waals surface area (Å²) in [6, 6.07) is 7.85. The van der Waals surface area contributed by atoms with E-state index in [0.29, 0.717) is 25.6 Å². The van der Waals surface area contributed by atoms with E-state index in [0.717, 1.165) is 48.1 Å². The van der Waals surface area contributed by atoms with Crippen LogP contribution in [0.25, 0.3) is 0 Å². The zero-order valence-electron chi connectivity index (χ0n) is 20.2. The van der Waals surface area contributed by atoms with E-state index in [-0.39, 0.29) is 6.79 Å². The first kappa shape index (κ1) is 23.9. The SMILES string of the molecule is CN(CC1CCN(OC(=O)OC(C)(C)C)CC1)c1cc(NCc2ccc3c(c2)OCO3)ncn1. The number of piperidine rings is 1. The van der Waals surface area contributed by atoms with E-state index in [4.69, 9.17) is 19.0 Å². The van der Waals surface area contributed by atoms with E-state index in [1.807, 2.05) is 52.1 Å². The molecule has 10 nitrogen and oxygen atoms in total. The Bertz CT molecular complexity index is 988. The maximum atomic E-state index is 11.9. The molecule has 2 aliphatic rings. The van der Waals surface area contributed by atoms with E-state index in [1.54, 1.807) is 11.4 Å². The maximum Gasteiger partial charge on any atom is 0.528 e. The van der Waals surface area contributed by atoms with Crippen molar-refractivity contribution >= 4 is 17.8 Å². The fourth-order valence-electron chi connectivity index (χ4n) is 3.93. The molecule has 0 spiro atoms. The third-order valence-electron chi connectivity index (χ3n) is 5.65. The first-order valence-electron chi connectivity index (χ1n) is 11.6. The number of carbonyl (C=O) groups is 1. The van der Waals surface area contributed by atoms with Gasteiger partial charge in [0.05, 0.1) is 0 Å². The lowest BCUT2D eigenvalue weighted by molar-refractivity contribution is -0.154. The van der Waals surface area contributed by atoms with Crippen molar-refractivity contribution < 1.29 is 23.8 Å². The Morgan fingerprint density at radius 3 is 2.71 bits per heavy atom. The van der Waals surface area contributed by atoms with Crippen LogP contribution in [0.2, 0.25) is 0 Å². The monoisotopic (exact) mass is 471 g/mol. The molecule has 4 rings (SSSR count). The van der Waals surface area contributed by atoms with Crippen molar-refractivity contribution in [3.05, 3.63) is 36.2 Å². The van der Waals surface area contributed by atoms with Gasteiger partial charge < -0.3 is 29.3 Å². The van der Waals surface area contributed by atoms with Crippen LogP contribution in [0.5, 0.6) is 11.5 Å². The second-order valence-corrected chi connectivity index (χ2v) is 9.61. The zero-order chi connectivity index (χ0) is 24.1. The molecule has 0 amide bonds. The highest BCUT2D eigenvalue weighted by molar-refractivity contribution is 5.60. The van der Waals surface area contributed by atoms with Crippen LogP contribution in [0, 0.1) is 5.92 Å². The van der Waals surface area contributed by atoms with Gasteiger partial charge in [0.2, 0.25) is 6.79 Å². The van der Waals surface area contributed by atoms with Crippen LogP contribution in [-0.2, 0) is 16.1 Å². The average Bonchev–Trinajstić information content (AvgIpc) is 3.26. The topological polar surface area (TPSA) is 98.3 Å². The number of ether oxygens (including phenoxy) is 3. The lowest BCUT2D eigenvalue weighted by atomic mass is 9.97. The molecular weight excluding hydrogens is 438 g/mol. The van der Waals surface area contributed by atoms with Crippen molar-refractivity contribution in [1.29, 1.82) is 0 Å². The van der Waals surface area contributed by atoms with Gasteiger partial charge in [0.25, 0.3) is 0 Å². The minimum Gasteiger partial charge on any atom is -0.454 e. The molecule has 0 bridgehead atoms. The van der Waals surface area contributed by atoms with Gasteiger partial charge in [0, 0.05) is 39.3 Å². The number of hydrogen-bond donors (Lipinski definition) is 1. The number of nitrogens with one attached hydrogen (secondary N) is 1. The molecular formula is C24H33N5O5. The molecule has 0 radical (unpaired) electrons. The molecule has 3 heterocycles. The average molecular weight is 472 g/mol. The molecule has 0 saturated carbocycles. The third-order valence-corrected chi connectivity index (χ3v) is 5.65. The third kappa shape index (κ3) is 6.63. The normalized spacial score (nSPS) is 16.2. The smallest absolute Gasteiger partial charge is 0.454 e. The van der Waals surface area contributed by atoms with Crippen molar-refractivity contribution in [2.75, 3.05) is 43.7 Å². The number of aromatic nitrogens is 2. The van der Waals surface area contributed by atoms with Crippen LogP contribution >= 0.6 is 0 Å². The molecule has 1 aromatic carbocycles. The Morgan fingerprint density at radius 1 is 1.18 bits per heavy atom. The van der Waals surface area contributed by atoms with Gasteiger partial charge in [0.15, 0.2) is 11.5 Å². The van der Waals surface area contributed by atoms with Gasteiger partial charge >= 0.3 is 6.16 Å². The summed E-state index contributed by atoms with van der Waals surface area (Å²) in [5.74, 6) is 3.64. The van der Waals surface area contributed by atoms with Crippen molar-refractivity contribution in [2.45, 2.75) is 45.8 Å². The summed E-state index contributed by atoms with van der Waals surface area (Å²) >= 11 is 0. The van der Waals surface area contributed by atoms with Gasteiger partial charge in [-0.05, 0) is 57.2 Å². The van der Waals surface area contributed by atoms with Gasteiger partial charge in [0.1, 0.15) is 23.6 Å². The van der Waals surface area contributed by atoms with Crippen LogP contribution in [0.15, 0.2) is 30.6 Å². The number of rotatable bonds is 7. The highest BCUT2D eigenvalue weighted by atomic mass is 16.8. The molecule has 0 atom stereocenters. The summed E-state index contributed by atoms with van der Waals surface area (Å²) in [5, 5.41) is 5.04. The highest BCUT2D eigenvalue weighted by Gasteiger charge is 2.26. The minimum atomic E-state index is -0.648. The van der Waals surface area contributed by atoms with Crippen LogP contribution in [0.3, 0.4) is 0 Å². The number of hydroxylamine groups is 2. The summed E-state index contributed by atoms with van der Waals surface area (Å²) in [5.41, 5.74) is 0.520. The first-order chi connectivity index (χ1) is 16.2. The molecule has 34 heavy (non-hydrogen) atoms. The van der Waals surface area contributed by atoms with E-state index in [1.165, 1.54) is 0 Å². The summed E-state index contributed by atoms with van der Waals surface area (Å²) in [4.78, 5) is 28.1. The summed E-state index contributed by atoms with van der Waals surface area (Å²) in [7, 11) is 2.04. The predicted molar refractivity (Wildman–Crippen MR) is 127 cm³/mol. The Labute approximate surface area is 200 Å². The van der Waals surface area contributed by atoms with Crippen LogP contribution in [-0.4, -0.2) is 60.3 Å². The molecule has 184 valence electrons. The summed E-state index contributed by atoms with van der Waals surface area (Å²) < 4.78 is 16.0. The number of nitrogens with zero attached hydrogens (tertiary/aromatic N) is 4. The Kier molecular flexibility index (Phi) is 7.26. The van der Waals surface area contributed by atoms with Crippen LogP contribution in [0.1, 0.15) is 39.2 Å². The molecule has 1 N–H and O–H groups in total. The number of anilines is 2. The number of fused-ring (bicyclic) bond motifs is 1. The molecule has 1 fully saturated rings. The van der Waals surface area contributed by atoms with Gasteiger partial charge in [-0.1, -0.05) is 6.07 Å². The van der Waals surface area contributed by atoms with Gasteiger partial charge in [-0.2, -0.15) is 0 Å².